The van der Waals surface area contributed by atoms with Gasteiger partial charge in [-0.1, -0.05) is 0 Å². The smallest absolute Gasteiger partial charge is 0.238 e. The highest BCUT2D eigenvalue weighted by Gasteiger charge is 2.13. The van der Waals surface area contributed by atoms with Crippen molar-refractivity contribution in [1.29, 1.82) is 0 Å². The largest absolute Gasteiger partial charge is 0.385 e. The third-order valence-electron chi connectivity index (χ3n) is 3.03. The summed E-state index contributed by atoms with van der Waals surface area (Å²) in [4.78, 5) is 0.133. The Labute approximate surface area is 107 Å². The van der Waals surface area contributed by atoms with Gasteiger partial charge < -0.3 is 10.1 Å². The van der Waals surface area contributed by atoms with E-state index < -0.39 is 10.0 Å². The first-order valence-corrected chi connectivity index (χ1v) is 7.55. The molecule has 1 unspecified atom stereocenters. The van der Waals surface area contributed by atoms with Crippen LogP contribution in [-0.4, -0.2) is 28.2 Å². The lowest BCUT2D eigenvalue weighted by molar-refractivity contribution is 0.0595. The molecule has 1 aromatic rings. The molecule has 0 amide bonds. The Hall–Kier alpha value is -1.11. The Balaban J connectivity index is 1.90. The number of nitrogens with two attached hydrogens (primary N) is 1. The first-order valence-electron chi connectivity index (χ1n) is 6.00. The SMILES string of the molecule is NS(=O)(=O)c1ccc(NCC2CCCOC2)cc1. The van der Waals surface area contributed by atoms with E-state index in [-0.39, 0.29) is 4.90 Å². The fourth-order valence-corrected chi connectivity index (χ4v) is 2.51. The van der Waals surface area contributed by atoms with Crippen LogP contribution in [0.3, 0.4) is 0 Å². The van der Waals surface area contributed by atoms with Crippen LogP contribution in [0.25, 0.3) is 0 Å². The van der Waals surface area contributed by atoms with Crippen LogP contribution >= 0.6 is 0 Å². The van der Waals surface area contributed by atoms with Gasteiger partial charge in [0.05, 0.1) is 11.5 Å². The number of hydrogen-bond donors (Lipinski definition) is 2. The molecule has 5 nitrogen and oxygen atoms in total. The van der Waals surface area contributed by atoms with Gasteiger partial charge in [-0.25, -0.2) is 13.6 Å². The lowest BCUT2D eigenvalue weighted by Gasteiger charge is -2.22. The van der Waals surface area contributed by atoms with E-state index in [0.29, 0.717) is 5.92 Å². The highest BCUT2D eigenvalue weighted by molar-refractivity contribution is 7.89. The molecule has 1 heterocycles. The van der Waals surface area contributed by atoms with E-state index in [2.05, 4.69) is 5.32 Å². The monoisotopic (exact) mass is 270 g/mol. The lowest BCUT2D eigenvalue weighted by Crippen LogP contribution is -2.24. The Kier molecular flexibility index (Phi) is 4.21. The van der Waals surface area contributed by atoms with E-state index in [1.54, 1.807) is 12.1 Å². The van der Waals surface area contributed by atoms with Gasteiger partial charge in [-0.3, -0.25) is 0 Å². The molecule has 2 rings (SSSR count). The molecule has 1 saturated heterocycles. The van der Waals surface area contributed by atoms with Crippen molar-refractivity contribution in [3.05, 3.63) is 24.3 Å². The van der Waals surface area contributed by atoms with Gasteiger partial charge in [-0.15, -0.1) is 0 Å². The van der Waals surface area contributed by atoms with Gasteiger partial charge in [0.25, 0.3) is 0 Å². The molecule has 1 aliphatic heterocycles. The maximum Gasteiger partial charge on any atom is 0.238 e. The van der Waals surface area contributed by atoms with Crippen LogP contribution in [0.4, 0.5) is 5.69 Å². The molecule has 1 atom stereocenters. The number of hydrogen-bond acceptors (Lipinski definition) is 4. The van der Waals surface area contributed by atoms with Crippen LogP contribution in [0.2, 0.25) is 0 Å². The summed E-state index contributed by atoms with van der Waals surface area (Å²) in [7, 11) is -3.60. The molecule has 0 saturated carbocycles. The topological polar surface area (TPSA) is 81.4 Å². The van der Waals surface area contributed by atoms with E-state index in [1.165, 1.54) is 18.6 Å². The Bertz CT molecular complexity index is 479. The van der Waals surface area contributed by atoms with E-state index in [4.69, 9.17) is 9.88 Å². The molecular weight excluding hydrogens is 252 g/mol. The van der Waals surface area contributed by atoms with Crippen molar-refractivity contribution in [1.82, 2.24) is 0 Å². The second kappa shape index (κ2) is 5.69. The standard InChI is InChI=1S/C12H18N2O3S/c13-18(15,16)12-5-3-11(4-6-12)14-8-10-2-1-7-17-9-10/h3-6,10,14H,1-2,7-9H2,(H2,13,15,16). The molecule has 0 spiro atoms. The zero-order valence-electron chi connectivity index (χ0n) is 10.1. The van der Waals surface area contributed by atoms with Crippen LogP contribution in [0, 0.1) is 5.92 Å². The minimum atomic E-state index is -3.60. The van der Waals surface area contributed by atoms with Gasteiger partial charge in [0.15, 0.2) is 0 Å². The van der Waals surface area contributed by atoms with Crippen LogP contribution in [-0.2, 0) is 14.8 Å². The average Bonchev–Trinajstić information content (AvgIpc) is 2.37. The number of nitrogens with one attached hydrogen (secondary N) is 1. The summed E-state index contributed by atoms with van der Waals surface area (Å²) in [6.45, 7) is 2.50. The van der Waals surface area contributed by atoms with Crippen molar-refractivity contribution < 1.29 is 13.2 Å². The van der Waals surface area contributed by atoms with Crippen molar-refractivity contribution in [2.75, 3.05) is 25.1 Å². The van der Waals surface area contributed by atoms with E-state index >= 15 is 0 Å². The molecule has 1 aromatic carbocycles. The third-order valence-corrected chi connectivity index (χ3v) is 3.96. The summed E-state index contributed by atoms with van der Waals surface area (Å²) in [5.74, 6) is 0.525. The van der Waals surface area contributed by atoms with E-state index in [9.17, 15) is 8.42 Å². The summed E-state index contributed by atoms with van der Waals surface area (Å²) in [6.07, 6.45) is 2.28. The number of rotatable bonds is 4. The van der Waals surface area contributed by atoms with Crippen LogP contribution in [0.15, 0.2) is 29.2 Å². The van der Waals surface area contributed by atoms with Crippen molar-refractivity contribution in [3.63, 3.8) is 0 Å². The molecule has 3 N–H and O–H groups in total. The predicted octanol–water partition coefficient (Wildman–Crippen LogP) is 1.17. The summed E-state index contributed by atoms with van der Waals surface area (Å²) in [6, 6.07) is 6.47. The van der Waals surface area contributed by atoms with Gasteiger partial charge >= 0.3 is 0 Å². The van der Waals surface area contributed by atoms with Crippen molar-refractivity contribution >= 4 is 15.7 Å². The highest BCUT2D eigenvalue weighted by Crippen LogP contribution is 2.16. The Morgan fingerprint density at radius 3 is 2.61 bits per heavy atom. The molecule has 0 aromatic heterocycles. The van der Waals surface area contributed by atoms with Gasteiger partial charge in [0, 0.05) is 18.8 Å². The van der Waals surface area contributed by atoms with Gasteiger partial charge in [-0.2, -0.15) is 0 Å². The second-order valence-electron chi connectivity index (χ2n) is 4.53. The Morgan fingerprint density at radius 1 is 1.33 bits per heavy atom. The second-order valence-corrected chi connectivity index (χ2v) is 6.09. The molecule has 1 fully saturated rings. The first kappa shape index (κ1) is 13.3. The minimum absolute atomic E-state index is 0.133. The van der Waals surface area contributed by atoms with Crippen molar-refractivity contribution in [2.45, 2.75) is 17.7 Å². The lowest BCUT2D eigenvalue weighted by atomic mass is 10.0. The van der Waals surface area contributed by atoms with E-state index in [0.717, 1.165) is 31.9 Å². The van der Waals surface area contributed by atoms with E-state index in [1.807, 2.05) is 0 Å². The fraction of sp³-hybridized carbons (Fsp3) is 0.500. The van der Waals surface area contributed by atoms with Crippen LogP contribution in [0.5, 0.6) is 0 Å². The van der Waals surface area contributed by atoms with Crippen LogP contribution in [0.1, 0.15) is 12.8 Å². The summed E-state index contributed by atoms with van der Waals surface area (Å²) in [5, 5.41) is 8.31. The molecule has 100 valence electrons. The third kappa shape index (κ3) is 3.69. The van der Waals surface area contributed by atoms with Gasteiger partial charge in [0.1, 0.15) is 0 Å². The van der Waals surface area contributed by atoms with Gasteiger partial charge in [0.2, 0.25) is 10.0 Å². The number of primary sulfonamides is 1. The van der Waals surface area contributed by atoms with Gasteiger partial charge in [-0.05, 0) is 43.0 Å². The Morgan fingerprint density at radius 2 is 2.06 bits per heavy atom. The number of benzene rings is 1. The summed E-state index contributed by atoms with van der Waals surface area (Å²) < 4.78 is 27.6. The number of sulfonamides is 1. The minimum Gasteiger partial charge on any atom is -0.385 e. The predicted molar refractivity (Wildman–Crippen MR) is 69.8 cm³/mol. The maximum atomic E-state index is 11.1. The molecule has 1 aliphatic rings. The number of anilines is 1. The first-order chi connectivity index (χ1) is 8.55. The summed E-state index contributed by atoms with van der Waals surface area (Å²) in [5.41, 5.74) is 0.896. The van der Waals surface area contributed by atoms with Crippen LogP contribution < -0.4 is 10.5 Å². The fourth-order valence-electron chi connectivity index (χ4n) is 1.99. The maximum absolute atomic E-state index is 11.1. The normalized spacial score (nSPS) is 20.6. The molecule has 18 heavy (non-hydrogen) atoms. The molecule has 0 radical (unpaired) electrons. The molecule has 0 aliphatic carbocycles. The molecule has 6 heteroatoms. The van der Waals surface area contributed by atoms with Crippen molar-refractivity contribution in [2.24, 2.45) is 11.1 Å². The highest BCUT2D eigenvalue weighted by atomic mass is 32.2. The molecular formula is C12H18N2O3S. The zero-order chi connectivity index (χ0) is 13.0. The molecule has 0 bridgehead atoms. The average molecular weight is 270 g/mol. The summed E-state index contributed by atoms with van der Waals surface area (Å²) >= 11 is 0. The zero-order valence-corrected chi connectivity index (χ0v) is 10.9. The van der Waals surface area contributed by atoms with Crippen molar-refractivity contribution in [3.8, 4) is 0 Å². The number of ether oxygens (including phenoxy) is 1. The quantitative estimate of drug-likeness (QED) is 0.860.